The predicted octanol–water partition coefficient (Wildman–Crippen LogP) is 2.12. The molecule has 0 amide bonds. The fraction of sp³-hybridized carbons (Fsp3) is 0.400. The van der Waals surface area contributed by atoms with Gasteiger partial charge in [0, 0.05) is 64.1 Å². The number of hydrogen-bond donors (Lipinski definition) is 0. The van der Waals surface area contributed by atoms with Crippen LogP contribution in [0.3, 0.4) is 0 Å². The number of anilines is 2. The lowest BCUT2D eigenvalue weighted by molar-refractivity contribution is 0.247. The van der Waals surface area contributed by atoms with Crippen molar-refractivity contribution in [2.75, 3.05) is 50.1 Å². The Bertz CT molecular complexity index is 933. The molecule has 0 saturated carbocycles. The fourth-order valence-electron chi connectivity index (χ4n) is 3.57. The molecule has 3 aromatic rings. The van der Waals surface area contributed by atoms with Gasteiger partial charge in [-0.2, -0.15) is 0 Å². The Morgan fingerprint density at radius 1 is 1.00 bits per heavy atom. The van der Waals surface area contributed by atoms with Gasteiger partial charge in [-0.3, -0.25) is 4.90 Å². The van der Waals surface area contributed by atoms with Crippen molar-refractivity contribution in [3.8, 4) is 0 Å². The monoisotopic (exact) mass is 363 g/mol. The Morgan fingerprint density at radius 2 is 1.81 bits per heavy atom. The topological polar surface area (TPSA) is 61.3 Å². The van der Waals surface area contributed by atoms with Crippen LogP contribution in [0.5, 0.6) is 0 Å². The van der Waals surface area contributed by atoms with E-state index in [1.807, 2.05) is 38.2 Å². The zero-order chi connectivity index (χ0) is 18.8. The summed E-state index contributed by atoms with van der Waals surface area (Å²) >= 11 is 0. The number of nitrogens with zero attached hydrogens (tertiary/aromatic N) is 7. The van der Waals surface area contributed by atoms with Gasteiger partial charge in [-0.1, -0.05) is 0 Å². The molecule has 0 unspecified atom stereocenters. The summed E-state index contributed by atoms with van der Waals surface area (Å²) < 4.78 is 0. The maximum absolute atomic E-state index is 4.52. The molecule has 1 aromatic carbocycles. The molecule has 0 radical (unpaired) electrons. The minimum Gasteiger partial charge on any atom is -0.369 e. The summed E-state index contributed by atoms with van der Waals surface area (Å²) in [5.74, 6) is 1.79. The second kappa shape index (κ2) is 7.44. The molecule has 0 aliphatic carbocycles. The Labute approximate surface area is 159 Å². The van der Waals surface area contributed by atoms with E-state index in [4.69, 9.17) is 0 Å². The number of rotatable bonds is 4. The first kappa shape index (κ1) is 17.6. The van der Waals surface area contributed by atoms with Crippen molar-refractivity contribution in [1.29, 1.82) is 0 Å². The highest BCUT2D eigenvalue weighted by atomic mass is 15.3. The van der Waals surface area contributed by atoms with Gasteiger partial charge in [0.15, 0.2) is 0 Å². The third-order valence-electron chi connectivity index (χ3n) is 4.98. The number of hydrogen-bond acceptors (Lipinski definition) is 7. The average molecular weight is 363 g/mol. The fourth-order valence-corrected chi connectivity index (χ4v) is 3.57. The maximum Gasteiger partial charge on any atom is 0.139 e. The van der Waals surface area contributed by atoms with E-state index in [2.05, 4.69) is 47.9 Å². The van der Waals surface area contributed by atoms with E-state index in [-0.39, 0.29) is 0 Å². The molecule has 1 fully saturated rings. The number of aryl methyl sites for hydroxylation is 1. The van der Waals surface area contributed by atoms with Gasteiger partial charge in [0.25, 0.3) is 0 Å². The molecule has 1 saturated heterocycles. The van der Waals surface area contributed by atoms with Crippen LogP contribution in [0.1, 0.15) is 11.5 Å². The molecule has 7 heteroatoms. The van der Waals surface area contributed by atoms with Gasteiger partial charge in [0.1, 0.15) is 18.0 Å². The molecule has 0 N–H and O–H groups in total. The van der Waals surface area contributed by atoms with Gasteiger partial charge in [0.2, 0.25) is 0 Å². The molecule has 2 aromatic heterocycles. The van der Waals surface area contributed by atoms with Gasteiger partial charge in [0.05, 0.1) is 11.2 Å². The zero-order valence-electron chi connectivity index (χ0n) is 16.1. The number of aromatic nitrogens is 4. The van der Waals surface area contributed by atoms with Crippen LogP contribution in [0.2, 0.25) is 0 Å². The van der Waals surface area contributed by atoms with Crippen molar-refractivity contribution in [3.05, 3.63) is 48.3 Å². The summed E-state index contributed by atoms with van der Waals surface area (Å²) in [5.41, 5.74) is 3.31. The largest absolute Gasteiger partial charge is 0.369 e. The van der Waals surface area contributed by atoms with Gasteiger partial charge < -0.3 is 9.80 Å². The number of fused-ring (bicyclic) bond motifs is 1. The summed E-state index contributed by atoms with van der Waals surface area (Å²) in [6.45, 7) is 6.86. The zero-order valence-corrected chi connectivity index (χ0v) is 16.1. The highest BCUT2D eigenvalue weighted by Gasteiger charge is 2.19. The molecule has 3 heterocycles. The predicted molar refractivity (Wildman–Crippen MR) is 108 cm³/mol. The van der Waals surface area contributed by atoms with E-state index < -0.39 is 0 Å². The van der Waals surface area contributed by atoms with E-state index in [1.165, 1.54) is 5.69 Å². The van der Waals surface area contributed by atoms with Crippen LogP contribution in [0.25, 0.3) is 10.9 Å². The van der Waals surface area contributed by atoms with Crippen molar-refractivity contribution in [2.24, 2.45) is 0 Å². The summed E-state index contributed by atoms with van der Waals surface area (Å²) in [7, 11) is 4.03. The summed E-state index contributed by atoms with van der Waals surface area (Å²) in [6, 6.07) is 8.48. The quantitative estimate of drug-likeness (QED) is 0.703. The molecule has 0 spiro atoms. The lowest BCUT2D eigenvalue weighted by Crippen LogP contribution is -2.46. The summed E-state index contributed by atoms with van der Waals surface area (Å²) in [6.07, 6.45) is 3.47. The lowest BCUT2D eigenvalue weighted by atomic mass is 10.1. The van der Waals surface area contributed by atoms with Crippen molar-refractivity contribution in [2.45, 2.75) is 13.5 Å². The molecule has 27 heavy (non-hydrogen) atoms. The molecule has 7 nitrogen and oxygen atoms in total. The molecule has 0 bridgehead atoms. The van der Waals surface area contributed by atoms with Gasteiger partial charge >= 0.3 is 0 Å². The smallest absolute Gasteiger partial charge is 0.139 e. The Kier molecular flexibility index (Phi) is 4.85. The standard InChI is InChI=1S/C20H25N7/c1-15-21-7-6-16(24-15)13-26-8-10-27(11-9-26)17-4-5-19-18(12-17)20(25(2)3)23-14-22-19/h4-7,12,14H,8-11,13H2,1-3H3. The average Bonchev–Trinajstić information content (AvgIpc) is 2.67. The Balaban J connectivity index is 1.47. The number of benzene rings is 1. The molecule has 1 aliphatic heterocycles. The SMILES string of the molecule is Cc1nccc(CN2CCN(c3ccc4ncnc(N(C)C)c4c3)CC2)n1. The molecule has 140 valence electrons. The van der Waals surface area contributed by atoms with Crippen LogP contribution in [-0.2, 0) is 6.54 Å². The highest BCUT2D eigenvalue weighted by molar-refractivity contribution is 5.91. The van der Waals surface area contributed by atoms with Crippen LogP contribution >= 0.6 is 0 Å². The van der Waals surface area contributed by atoms with Crippen LogP contribution in [0.4, 0.5) is 11.5 Å². The van der Waals surface area contributed by atoms with Crippen molar-refractivity contribution >= 4 is 22.4 Å². The number of piperazine rings is 1. The van der Waals surface area contributed by atoms with Crippen molar-refractivity contribution in [3.63, 3.8) is 0 Å². The van der Waals surface area contributed by atoms with Gasteiger partial charge in [-0.05, 0) is 31.2 Å². The van der Waals surface area contributed by atoms with Gasteiger partial charge in [-0.15, -0.1) is 0 Å². The van der Waals surface area contributed by atoms with E-state index in [9.17, 15) is 0 Å². The first-order chi connectivity index (χ1) is 13.1. The molecular weight excluding hydrogens is 338 g/mol. The maximum atomic E-state index is 4.52. The second-order valence-corrected chi connectivity index (χ2v) is 7.15. The van der Waals surface area contributed by atoms with Crippen molar-refractivity contribution in [1.82, 2.24) is 24.8 Å². The third-order valence-corrected chi connectivity index (χ3v) is 4.98. The van der Waals surface area contributed by atoms with E-state index in [1.54, 1.807) is 6.33 Å². The summed E-state index contributed by atoms with van der Waals surface area (Å²) in [5, 5.41) is 1.10. The van der Waals surface area contributed by atoms with Crippen molar-refractivity contribution < 1.29 is 0 Å². The Hall–Kier alpha value is -2.80. The van der Waals surface area contributed by atoms with Crippen LogP contribution < -0.4 is 9.80 Å². The van der Waals surface area contributed by atoms with E-state index >= 15 is 0 Å². The Morgan fingerprint density at radius 3 is 2.56 bits per heavy atom. The lowest BCUT2D eigenvalue weighted by Gasteiger charge is -2.36. The van der Waals surface area contributed by atoms with Gasteiger partial charge in [-0.25, -0.2) is 19.9 Å². The highest BCUT2D eigenvalue weighted by Crippen LogP contribution is 2.27. The first-order valence-corrected chi connectivity index (χ1v) is 9.28. The van der Waals surface area contributed by atoms with Crippen LogP contribution in [-0.4, -0.2) is 65.1 Å². The van der Waals surface area contributed by atoms with Crippen LogP contribution in [0, 0.1) is 6.92 Å². The minimum absolute atomic E-state index is 0.834. The normalized spacial score (nSPS) is 15.3. The molecule has 4 rings (SSSR count). The third kappa shape index (κ3) is 3.83. The summed E-state index contributed by atoms with van der Waals surface area (Å²) in [4.78, 5) is 24.5. The molecular formula is C20H25N7. The second-order valence-electron chi connectivity index (χ2n) is 7.15. The first-order valence-electron chi connectivity index (χ1n) is 9.28. The molecule has 0 atom stereocenters. The van der Waals surface area contributed by atoms with Crippen LogP contribution in [0.15, 0.2) is 36.8 Å². The van der Waals surface area contributed by atoms with E-state index in [0.29, 0.717) is 0 Å². The van der Waals surface area contributed by atoms with E-state index in [0.717, 1.165) is 61.0 Å². The molecule has 1 aliphatic rings. The minimum atomic E-state index is 0.834.